The maximum atomic E-state index is 3.75. The van der Waals surface area contributed by atoms with E-state index in [1.54, 1.807) is 0 Å². The lowest BCUT2D eigenvalue weighted by Gasteiger charge is -2.55. The largest absolute Gasteiger partial charge is 0.307 e. The molecule has 3 aromatic carbocycles. The molecule has 0 amide bonds. The van der Waals surface area contributed by atoms with E-state index in [0.29, 0.717) is 18.0 Å². The van der Waals surface area contributed by atoms with Crippen LogP contribution in [0.4, 0.5) is 0 Å². The summed E-state index contributed by atoms with van der Waals surface area (Å²) in [6, 6.07) is 31.8. The van der Waals surface area contributed by atoms with Crippen molar-refractivity contribution in [2.45, 2.75) is 24.5 Å². The molecule has 1 unspecified atom stereocenters. The Balaban J connectivity index is 1.27. The summed E-state index contributed by atoms with van der Waals surface area (Å²) < 4.78 is 0. The second-order valence-corrected chi connectivity index (χ2v) is 7.57. The number of fused-ring (bicyclic) bond motifs is 2. The van der Waals surface area contributed by atoms with E-state index in [9.17, 15) is 0 Å². The smallest absolute Gasteiger partial charge is 0.0282 e. The molecule has 0 aliphatic carbocycles. The van der Waals surface area contributed by atoms with E-state index in [4.69, 9.17) is 0 Å². The number of rotatable bonds is 4. The molecule has 0 aromatic heterocycles. The Labute approximate surface area is 155 Å². The van der Waals surface area contributed by atoms with Gasteiger partial charge in [-0.2, -0.15) is 0 Å². The van der Waals surface area contributed by atoms with Gasteiger partial charge in [0.05, 0.1) is 0 Å². The fourth-order valence-corrected chi connectivity index (χ4v) is 4.57. The van der Waals surface area contributed by atoms with Gasteiger partial charge in [-0.1, -0.05) is 84.9 Å². The second kappa shape index (κ2) is 6.71. The molecule has 0 radical (unpaired) electrons. The van der Waals surface area contributed by atoms with Gasteiger partial charge >= 0.3 is 0 Å². The molecule has 2 bridgehead atoms. The minimum absolute atomic E-state index is 0.583. The molecule has 26 heavy (non-hydrogen) atoms. The average molecular weight is 340 g/mol. The van der Waals surface area contributed by atoms with Crippen molar-refractivity contribution in [3.63, 3.8) is 0 Å². The molecule has 3 aromatic rings. The van der Waals surface area contributed by atoms with Crippen molar-refractivity contribution < 1.29 is 0 Å². The maximum Gasteiger partial charge on any atom is 0.0282 e. The number of hydrogen-bond acceptors (Lipinski definition) is 2. The summed E-state index contributed by atoms with van der Waals surface area (Å²) in [5.41, 5.74) is 5.49. The molecule has 2 heteroatoms. The summed E-state index contributed by atoms with van der Waals surface area (Å²) in [6.45, 7) is 3.34. The Kier molecular flexibility index (Phi) is 4.08. The fraction of sp³-hybridized carbons (Fsp3) is 0.250. The maximum absolute atomic E-state index is 3.75. The summed E-state index contributed by atoms with van der Waals surface area (Å²) in [6.07, 6.45) is 0. The van der Waals surface area contributed by atoms with Gasteiger partial charge in [-0.25, -0.2) is 0 Å². The number of nitrogens with zero attached hydrogens (tertiary/aromatic N) is 1. The predicted octanol–water partition coefficient (Wildman–Crippen LogP) is 4.29. The zero-order valence-electron chi connectivity index (χ0n) is 14.9. The molecular weight excluding hydrogens is 316 g/mol. The second-order valence-electron chi connectivity index (χ2n) is 7.57. The van der Waals surface area contributed by atoms with Crippen LogP contribution in [0.2, 0.25) is 0 Å². The van der Waals surface area contributed by atoms with Gasteiger partial charge in [0.25, 0.3) is 0 Å². The highest BCUT2D eigenvalue weighted by molar-refractivity contribution is 5.63. The first-order valence-corrected chi connectivity index (χ1v) is 9.54. The highest BCUT2D eigenvalue weighted by atomic mass is 15.3. The number of piperazine rings is 1. The van der Waals surface area contributed by atoms with Crippen molar-refractivity contribution in [1.29, 1.82) is 0 Å². The SMILES string of the molecule is c1ccc(CN2C[C@@H]3N[C@H](C2)C3c2ccc(-c3ccccc3)cc2)cc1. The lowest BCUT2D eigenvalue weighted by atomic mass is 9.74. The average Bonchev–Trinajstić information content (AvgIpc) is 2.70. The third-order valence-corrected chi connectivity index (χ3v) is 5.86. The molecule has 3 saturated heterocycles. The van der Waals surface area contributed by atoms with Crippen LogP contribution >= 0.6 is 0 Å². The minimum atomic E-state index is 0.583. The van der Waals surface area contributed by atoms with E-state index in [1.807, 2.05) is 0 Å². The highest BCUT2D eigenvalue weighted by Crippen LogP contribution is 2.37. The van der Waals surface area contributed by atoms with E-state index in [0.717, 1.165) is 19.6 Å². The standard InChI is InChI=1S/C24H24N2/c1-3-7-18(8-4-1)15-26-16-22-24(23(17-26)25-22)21-13-11-20(12-14-21)19-9-5-2-6-10-19/h1-14,22-25H,15-17H2/t22-,23+,24?. The normalized spacial score (nSPS) is 24.8. The molecular formula is C24H24N2. The molecule has 0 spiro atoms. The fourth-order valence-electron chi connectivity index (χ4n) is 4.57. The highest BCUT2D eigenvalue weighted by Gasteiger charge is 2.46. The molecule has 2 nitrogen and oxygen atoms in total. The quantitative estimate of drug-likeness (QED) is 0.762. The third-order valence-electron chi connectivity index (χ3n) is 5.86. The van der Waals surface area contributed by atoms with Crippen molar-refractivity contribution in [2.24, 2.45) is 0 Å². The molecule has 3 aliphatic heterocycles. The Hall–Kier alpha value is -2.42. The number of hydrogen-bond donors (Lipinski definition) is 1. The molecule has 0 saturated carbocycles. The van der Waals surface area contributed by atoms with Gasteiger partial charge in [0, 0.05) is 37.6 Å². The van der Waals surface area contributed by atoms with Crippen molar-refractivity contribution in [2.75, 3.05) is 13.1 Å². The van der Waals surface area contributed by atoms with Gasteiger partial charge in [0.15, 0.2) is 0 Å². The van der Waals surface area contributed by atoms with Crippen LogP contribution in [0.25, 0.3) is 11.1 Å². The van der Waals surface area contributed by atoms with Crippen LogP contribution in [0.15, 0.2) is 84.9 Å². The van der Waals surface area contributed by atoms with Crippen LogP contribution in [-0.4, -0.2) is 30.1 Å². The lowest BCUT2D eigenvalue weighted by molar-refractivity contribution is 0.0471. The Morgan fingerprint density at radius 1 is 0.692 bits per heavy atom. The summed E-state index contributed by atoms with van der Waals surface area (Å²) >= 11 is 0. The van der Waals surface area contributed by atoms with Gasteiger partial charge < -0.3 is 5.32 Å². The van der Waals surface area contributed by atoms with Crippen molar-refractivity contribution in [1.82, 2.24) is 10.2 Å². The number of nitrogens with one attached hydrogen (secondary N) is 1. The van der Waals surface area contributed by atoms with Gasteiger partial charge in [0.1, 0.15) is 0 Å². The van der Waals surface area contributed by atoms with Gasteiger partial charge in [0.2, 0.25) is 0 Å². The monoisotopic (exact) mass is 340 g/mol. The summed E-state index contributed by atoms with van der Waals surface area (Å²) in [7, 11) is 0. The minimum Gasteiger partial charge on any atom is -0.307 e. The van der Waals surface area contributed by atoms with Crippen molar-refractivity contribution in [3.05, 3.63) is 96.1 Å². The molecule has 3 heterocycles. The van der Waals surface area contributed by atoms with E-state index in [1.165, 1.54) is 22.3 Å². The Morgan fingerprint density at radius 3 is 1.92 bits per heavy atom. The Bertz CT molecular complexity index is 846. The topological polar surface area (TPSA) is 15.3 Å². The van der Waals surface area contributed by atoms with Crippen LogP contribution in [0.5, 0.6) is 0 Å². The first-order valence-electron chi connectivity index (χ1n) is 9.54. The predicted molar refractivity (Wildman–Crippen MR) is 107 cm³/mol. The molecule has 130 valence electrons. The van der Waals surface area contributed by atoms with Gasteiger partial charge in [-0.3, -0.25) is 4.90 Å². The Morgan fingerprint density at radius 2 is 1.27 bits per heavy atom. The number of benzene rings is 3. The molecule has 3 atom stereocenters. The molecule has 3 aliphatic rings. The van der Waals surface area contributed by atoms with Crippen LogP contribution in [0, 0.1) is 0 Å². The third kappa shape index (κ3) is 2.96. The van der Waals surface area contributed by atoms with E-state index >= 15 is 0 Å². The summed E-state index contributed by atoms with van der Waals surface area (Å²) in [5.74, 6) is 0.659. The number of piperidine rings is 1. The lowest BCUT2D eigenvalue weighted by Crippen LogP contribution is -2.71. The first-order chi connectivity index (χ1) is 12.9. The first kappa shape index (κ1) is 15.8. The summed E-state index contributed by atoms with van der Waals surface area (Å²) in [5, 5.41) is 3.75. The summed E-state index contributed by atoms with van der Waals surface area (Å²) in [4.78, 5) is 2.59. The van der Waals surface area contributed by atoms with Crippen LogP contribution < -0.4 is 5.32 Å². The van der Waals surface area contributed by atoms with Gasteiger partial charge in [-0.15, -0.1) is 0 Å². The van der Waals surface area contributed by atoms with Crippen LogP contribution in [-0.2, 0) is 6.54 Å². The zero-order valence-corrected chi connectivity index (χ0v) is 14.9. The van der Waals surface area contributed by atoms with Gasteiger partial charge in [-0.05, 0) is 22.3 Å². The van der Waals surface area contributed by atoms with Crippen molar-refractivity contribution >= 4 is 0 Å². The molecule has 1 N–H and O–H groups in total. The van der Waals surface area contributed by atoms with E-state index in [2.05, 4.69) is 95.1 Å². The molecule has 3 fully saturated rings. The van der Waals surface area contributed by atoms with E-state index in [-0.39, 0.29) is 0 Å². The molecule has 6 rings (SSSR count). The van der Waals surface area contributed by atoms with E-state index < -0.39 is 0 Å². The van der Waals surface area contributed by atoms with Crippen LogP contribution in [0.3, 0.4) is 0 Å². The van der Waals surface area contributed by atoms with Crippen molar-refractivity contribution in [3.8, 4) is 11.1 Å². The van der Waals surface area contributed by atoms with Crippen LogP contribution in [0.1, 0.15) is 17.0 Å². The zero-order chi connectivity index (χ0) is 17.3.